The third-order valence-electron chi connectivity index (χ3n) is 3.63. The molecule has 1 atom stereocenters. The minimum Gasteiger partial charge on any atom is -0.481 e. The van der Waals surface area contributed by atoms with Gasteiger partial charge in [-0.25, -0.2) is 4.98 Å². The van der Waals surface area contributed by atoms with Crippen molar-refractivity contribution in [2.24, 2.45) is 5.92 Å². The topological polar surface area (TPSA) is 75.4 Å². The van der Waals surface area contributed by atoms with Crippen LogP contribution < -0.4 is 10.5 Å². The molecule has 1 unspecified atom stereocenters. The monoisotopic (exact) mass is 249 g/mol. The van der Waals surface area contributed by atoms with Gasteiger partial charge in [-0.1, -0.05) is 0 Å². The maximum absolute atomic E-state index is 12.2. The maximum Gasteiger partial charge on any atom is 0.308 e. The first kappa shape index (κ1) is 11.3. The van der Waals surface area contributed by atoms with Crippen molar-refractivity contribution in [2.75, 3.05) is 18.0 Å². The van der Waals surface area contributed by atoms with Crippen molar-refractivity contribution < 1.29 is 9.90 Å². The smallest absolute Gasteiger partial charge is 0.308 e. The zero-order valence-corrected chi connectivity index (χ0v) is 9.95. The van der Waals surface area contributed by atoms with Crippen molar-refractivity contribution in [2.45, 2.75) is 25.3 Å². The van der Waals surface area contributed by atoms with Crippen LogP contribution in [0.25, 0.3) is 0 Å². The van der Waals surface area contributed by atoms with Crippen LogP contribution in [-0.4, -0.2) is 33.7 Å². The zero-order chi connectivity index (χ0) is 12.7. The average Bonchev–Trinajstić information content (AvgIpc) is 3.06. The lowest BCUT2D eigenvalue weighted by atomic mass is 10.1. The summed E-state index contributed by atoms with van der Waals surface area (Å²) in [6.07, 6.45) is 6.01. The SMILES string of the molecule is O=C(O)C1CCN(c2nccn(C3CC3)c2=O)C1. The summed E-state index contributed by atoms with van der Waals surface area (Å²) in [5.41, 5.74) is -0.0916. The first-order valence-electron chi connectivity index (χ1n) is 6.21. The number of anilines is 1. The Kier molecular flexibility index (Phi) is 2.57. The van der Waals surface area contributed by atoms with Crippen LogP contribution >= 0.6 is 0 Å². The first-order chi connectivity index (χ1) is 8.66. The van der Waals surface area contributed by atoms with E-state index < -0.39 is 5.97 Å². The van der Waals surface area contributed by atoms with Gasteiger partial charge in [0.25, 0.3) is 5.56 Å². The molecule has 0 radical (unpaired) electrons. The summed E-state index contributed by atoms with van der Waals surface area (Å²) >= 11 is 0. The van der Waals surface area contributed by atoms with Crippen molar-refractivity contribution in [1.29, 1.82) is 0 Å². The minimum atomic E-state index is -0.795. The molecule has 1 aromatic heterocycles. The maximum atomic E-state index is 12.2. The Morgan fingerprint density at radius 3 is 2.78 bits per heavy atom. The summed E-state index contributed by atoms with van der Waals surface area (Å²) in [4.78, 5) is 29.1. The molecule has 1 aliphatic carbocycles. The fraction of sp³-hybridized carbons (Fsp3) is 0.583. The summed E-state index contributed by atoms with van der Waals surface area (Å²) in [6.45, 7) is 0.972. The van der Waals surface area contributed by atoms with Gasteiger partial charge in [0, 0.05) is 31.5 Å². The standard InChI is InChI=1S/C12H15N3O3/c16-11-10(13-4-6-15(11)9-1-2-9)14-5-3-8(7-14)12(17)18/h4,6,8-9H,1-3,5,7H2,(H,17,18). The van der Waals surface area contributed by atoms with E-state index in [1.54, 1.807) is 21.9 Å². The third kappa shape index (κ3) is 1.87. The molecule has 96 valence electrons. The van der Waals surface area contributed by atoms with E-state index in [2.05, 4.69) is 4.98 Å². The van der Waals surface area contributed by atoms with E-state index in [0.717, 1.165) is 12.8 Å². The van der Waals surface area contributed by atoms with Crippen molar-refractivity contribution in [3.8, 4) is 0 Å². The van der Waals surface area contributed by atoms with E-state index in [0.29, 0.717) is 31.4 Å². The van der Waals surface area contributed by atoms with Gasteiger partial charge in [0.2, 0.25) is 0 Å². The number of aromatic nitrogens is 2. The van der Waals surface area contributed by atoms with Crippen LogP contribution in [0.15, 0.2) is 17.2 Å². The van der Waals surface area contributed by atoms with Gasteiger partial charge in [-0.3, -0.25) is 9.59 Å². The largest absolute Gasteiger partial charge is 0.481 e. The third-order valence-corrected chi connectivity index (χ3v) is 3.63. The highest BCUT2D eigenvalue weighted by atomic mass is 16.4. The van der Waals surface area contributed by atoms with Gasteiger partial charge in [0.1, 0.15) is 0 Å². The molecule has 1 saturated carbocycles. The van der Waals surface area contributed by atoms with Crippen molar-refractivity contribution in [1.82, 2.24) is 9.55 Å². The summed E-state index contributed by atoms with van der Waals surface area (Å²) in [6, 6.07) is 0.317. The lowest BCUT2D eigenvalue weighted by molar-refractivity contribution is -0.140. The van der Waals surface area contributed by atoms with Gasteiger partial charge in [-0.05, 0) is 19.3 Å². The van der Waals surface area contributed by atoms with Crippen molar-refractivity contribution >= 4 is 11.8 Å². The number of hydrogen-bond acceptors (Lipinski definition) is 4. The van der Waals surface area contributed by atoms with Gasteiger partial charge in [-0.15, -0.1) is 0 Å². The first-order valence-corrected chi connectivity index (χ1v) is 6.21. The van der Waals surface area contributed by atoms with Gasteiger partial charge in [-0.2, -0.15) is 0 Å². The van der Waals surface area contributed by atoms with Crippen LogP contribution in [-0.2, 0) is 4.79 Å². The van der Waals surface area contributed by atoms with Gasteiger partial charge < -0.3 is 14.6 Å². The Balaban J connectivity index is 1.87. The molecule has 1 aromatic rings. The average molecular weight is 249 g/mol. The van der Waals surface area contributed by atoms with Crippen molar-refractivity contribution in [3.63, 3.8) is 0 Å². The summed E-state index contributed by atoms with van der Waals surface area (Å²) < 4.78 is 1.72. The lowest BCUT2D eigenvalue weighted by Gasteiger charge is -2.16. The van der Waals surface area contributed by atoms with E-state index >= 15 is 0 Å². The van der Waals surface area contributed by atoms with Gasteiger partial charge in [0.05, 0.1) is 5.92 Å². The number of rotatable bonds is 3. The van der Waals surface area contributed by atoms with Gasteiger partial charge >= 0.3 is 5.97 Å². The predicted octanol–water partition coefficient (Wildman–Crippen LogP) is 0.489. The highest BCUT2D eigenvalue weighted by Crippen LogP contribution is 2.33. The molecule has 0 bridgehead atoms. The molecule has 0 aromatic carbocycles. The summed E-state index contributed by atoms with van der Waals surface area (Å²) in [7, 11) is 0. The molecule has 6 nitrogen and oxygen atoms in total. The van der Waals surface area contributed by atoms with E-state index in [-0.39, 0.29) is 11.5 Å². The fourth-order valence-electron chi connectivity index (χ4n) is 2.43. The highest BCUT2D eigenvalue weighted by Gasteiger charge is 2.31. The van der Waals surface area contributed by atoms with E-state index in [4.69, 9.17) is 5.11 Å². The second kappa shape index (κ2) is 4.12. The zero-order valence-electron chi connectivity index (χ0n) is 9.95. The van der Waals surface area contributed by atoms with Crippen molar-refractivity contribution in [3.05, 3.63) is 22.7 Å². The van der Waals surface area contributed by atoms with Crippen LogP contribution in [0.1, 0.15) is 25.3 Å². The highest BCUT2D eigenvalue weighted by molar-refractivity contribution is 5.71. The number of carboxylic acid groups (broad SMARTS) is 1. The second-order valence-electron chi connectivity index (χ2n) is 4.96. The van der Waals surface area contributed by atoms with Crippen LogP contribution in [0.2, 0.25) is 0 Å². The Labute approximate surface area is 104 Å². The summed E-state index contributed by atoms with van der Waals surface area (Å²) in [5.74, 6) is -0.787. The van der Waals surface area contributed by atoms with Gasteiger partial charge in [0.15, 0.2) is 5.82 Å². The van der Waals surface area contributed by atoms with E-state index in [1.165, 1.54) is 0 Å². The quantitative estimate of drug-likeness (QED) is 0.843. The second-order valence-corrected chi connectivity index (χ2v) is 4.96. The molecule has 0 spiro atoms. The lowest BCUT2D eigenvalue weighted by Crippen LogP contribution is -2.32. The number of aliphatic carboxylic acids is 1. The number of hydrogen-bond donors (Lipinski definition) is 1. The fourth-order valence-corrected chi connectivity index (χ4v) is 2.43. The van der Waals surface area contributed by atoms with Crippen LogP contribution in [0.5, 0.6) is 0 Å². The predicted molar refractivity (Wildman–Crippen MR) is 64.7 cm³/mol. The minimum absolute atomic E-state index is 0.0916. The molecule has 3 rings (SSSR count). The normalized spacial score (nSPS) is 23.3. The Hall–Kier alpha value is -1.85. The molecular weight excluding hydrogens is 234 g/mol. The molecule has 2 heterocycles. The molecular formula is C12H15N3O3. The Morgan fingerprint density at radius 2 is 2.17 bits per heavy atom. The number of carboxylic acids is 1. The van der Waals surface area contributed by atoms with Crippen LogP contribution in [0.4, 0.5) is 5.82 Å². The van der Waals surface area contributed by atoms with E-state index in [1.807, 2.05) is 0 Å². The molecule has 18 heavy (non-hydrogen) atoms. The molecule has 1 saturated heterocycles. The molecule has 1 N–H and O–H groups in total. The number of nitrogens with zero attached hydrogens (tertiary/aromatic N) is 3. The number of carbonyl (C=O) groups is 1. The molecule has 2 fully saturated rings. The summed E-state index contributed by atoms with van der Waals surface area (Å²) in [5, 5.41) is 8.97. The van der Waals surface area contributed by atoms with Crippen LogP contribution in [0, 0.1) is 5.92 Å². The van der Waals surface area contributed by atoms with Crippen LogP contribution in [0.3, 0.4) is 0 Å². The molecule has 2 aliphatic rings. The molecule has 0 amide bonds. The Morgan fingerprint density at radius 1 is 1.39 bits per heavy atom. The molecule has 1 aliphatic heterocycles. The Bertz CT molecular complexity index is 536. The molecule has 6 heteroatoms. The van der Waals surface area contributed by atoms with E-state index in [9.17, 15) is 9.59 Å².